The molecule has 0 saturated carbocycles. The summed E-state index contributed by atoms with van der Waals surface area (Å²) in [5.74, 6) is -1.39. The Bertz CT molecular complexity index is 459. The summed E-state index contributed by atoms with van der Waals surface area (Å²) in [5, 5.41) is 2.52. The van der Waals surface area contributed by atoms with Crippen LogP contribution in [0.15, 0.2) is 12.1 Å². The average Bonchev–Trinajstić information content (AvgIpc) is 2.55. The van der Waals surface area contributed by atoms with E-state index < -0.39 is 11.6 Å². The van der Waals surface area contributed by atoms with Crippen molar-refractivity contribution in [1.82, 2.24) is 0 Å². The highest BCUT2D eigenvalue weighted by Gasteiger charge is 2.24. The maximum Gasteiger partial charge on any atom is 0.228 e. The van der Waals surface area contributed by atoms with E-state index in [9.17, 15) is 14.0 Å². The Morgan fingerprint density at radius 3 is 2.93 bits per heavy atom. The van der Waals surface area contributed by atoms with E-state index in [1.807, 2.05) is 0 Å². The van der Waals surface area contributed by atoms with Crippen LogP contribution >= 0.6 is 11.6 Å². The first kappa shape index (κ1) is 10.1. The molecule has 0 spiro atoms. The molecule has 1 N–H and O–H groups in total. The first-order valence-electron chi connectivity index (χ1n) is 4.33. The van der Waals surface area contributed by atoms with Gasteiger partial charge in [0.15, 0.2) is 5.78 Å². The van der Waals surface area contributed by atoms with E-state index in [4.69, 9.17) is 11.6 Å². The summed E-state index contributed by atoms with van der Waals surface area (Å²) in [6.07, 6.45) is 0.107. The van der Waals surface area contributed by atoms with Gasteiger partial charge >= 0.3 is 0 Å². The van der Waals surface area contributed by atoms with Gasteiger partial charge in [0, 0.05) is 5.56 Å². The maximum atomic E-state index is 13.1. The van der Waals surface area contributed by atoms with Crippen LogP contribution in [-0.2, 0) is 11.2 Å². The molecule has 0 aromatic heterocycles. The first-order chi connectivity index (χ1) is 7.11. The van der Waals surface area contributed by atoms with Gasteiger partial charge in [0.05, 0.1) is 18.0 Å². The van der Waals surface area contributed by atoms with Crippen LogP contribution in [0, 0.1) is 5.82 Å². The fourth-order valence-electron chi connectivity index (χ4n) is 1.60. The number of benzene rings is 1. The lowest BCUT2D eigenvalue weighted by Crippen LogP contribution is -2.08. The van der Waals surface area contributed by atoms with Crippen LogP contribution in [0.1, 0.15) is 15.9 Å². The molecule has 1 aliphatic rings. The predicted octanol–water partition coefficient (Wildman–Crippen LogP) is 1.74. The smallest absolute Gasteiger partial charge is 0.228 e. The third kappa shape index (κ3) is 1.72. The SMILES string of the molecule is O=C1Cc2cc(F)cc(C(=O)CCl)c2N1. The Hall–Kier alpha value is -1.42. The van der Waals surface area contributed by atoms with Gasteiger partial charge in [-0.05, 0) is 17.7 Å². The molecule has 0 saturated heterocycles. The van der Waals surface area contributed by atoms with E-state index >= 15 is 0 Å². The quantitative estimate of drug-likeness (QED) is 0.618. The maximum absolute atomic E-state index is 13.1. The van der Waals surface area contributed by atoms with Gasteiger partial charge in [-0.3, -0.25) is 9.59 Å². The van der Waals surface area contributed by atoms with Gasteiger partial charge in [-0.15, -0.1) is 11.6 Å². The highest BCUT2D eigenvalue weighted by atomic mass is 35.5. The highest BCUT2D eigenvalue weighted by Crippen LogP contribution is 2.28. The highest BCUT2D eigenvalue weighted by molar-refractivity contribution is 6.31. The number of alkyl halides is 1. The minimum atomic E-state index is -0.529. The minimum Gasteiger partial charge on any atom is -0.325 e. The van der Waals surface area contributed by atoms with Crippen LogP contribution in [0.25, 0.3) is 0 Å². The number of nitrogens with one attached hydrogen (secondary N) is 1. The lowest BCUT2D eigenvalue weighted by molar-refractivity contribution is -0.115. The second-order valence-corrected chi connectivity index (χ2v) is 3.54. The molecular weight excluding hydrogens is 221 g/mol. The van der Waals surface area contributed by atoms with Gasteiger partial charge in [-0.2, -0.15) is 0 Å². The number of carbonyl (C=O) groups is 2. The number of anilines is 1. The summed E-state index contributed by atoms with van der Waals surface area (Å²) in [7, 11) is 0. The van der Waals surface area contributed by atoms with Crippen LogP contribution in [0.5, 0.6) is 0 Å². The van der Waals surface area contributed by atoms with Crippen LogP contribution < -0.4 is 5.32 Å². The van der Waals surface area contributed by atoms with Crippen molar-refractivity contribution in [1.29, 1.82) is 0 Å². The molecule has 0 fully saturated rings. The topological polar surface area (TPSA) is 46.2 Å². The van der Waals surface area contributed by atoms with Crippen LogP contribution in [0.4, 0.5) is 10.1 Å². The molecule has 0 aliphatic carbocycles. The van der Waals surface area contributed by atoms with E-state index in [1.54, 1.807) is 0 Å². The molecule has 0 unspecified atom stereocenters. The zero-order valence-corrected chi connectivity index (χ0v) is 8.40. The van der Waals surface area contributed by atoms with Crippen molar-refractivity contribution in [2.45, 2.75) is 6.42 Å². The zero-order valence-electron chi connectivity index (χ0n) is 7.64. The van der Waals surface area contributed by atoms with Crippen molar-refractivity contribution < 1.29 is 14.0 Å². The fraction of sp³-hybridized carbons (Fsp3) is 0.200. The lowest BCUT2D eigenvalue weighted by atomic mass is 10.0. The summed E-state index contributed by atoms with van der Waals surface area (Å²) in [6, 6.07) is 2.34. The van der Waals surface area contributed by atoms with Gasteiger partial charge in [0.25, 0.3) is 0 Å². The molecule has 78 valence electrons. The second kappa shape index (κ2) is 3.62. The van der Waals surface area contributed by atoms with E-state index in [-0.39, 0.29) is 23.8 Å². The Balaban J connectivity index is 2.56. The zero-order chi connectivity index (χ0) is 11.0. The molecule has 5 heteroatoms. The molecule has 15 heavy (non-hydrogen) atoms. The fourth-order valence-corrected chi connectivity index (χ4v) is 1.74. The molecule has 2 rings (SSSR count). The summed E-state index contributed by atoms with van der Waals surface area (Å²) >= 11 is 5.39. The van der Waals surface area contributed by atoms with E-state index in [2.05, 4.69) is 5.32 Å². The molecule has 0 radical (unpaired) electrons. The molecule has 1 aromatic carbocycles. The Kier molecular flexibility index (Phi) is 2.44. The van der Waals surface area contributed by atoms with Crippen molar-refractivity contribution in [3.05, 3.63) is 29.1 Å². The van der Waals surface area contributed by atoms with Crippen molar-refractivity contribution in [2.75, 3.05) is 11.2 Å². The number of amides is 1. The van der Waals surface area contributed by atoms with E-state index in [1.165, 1.54) is 6.07 Å². The van der Waals surface area contributed by atoms with Crippen LogP contribution in [0.3, 0.4) is 0 Å². The summed E-state index contributed by atoms with van der Waals surface area (Å²) in [6.45, 7) is 0. The van der Waals surface area contributed by atoms with Crippen molar-refractivity contribution in [2.24, 2.45) is 0 Å². The summed E-state index contributed by atoms with van der Waals surface area (Å²) in [5.41, 5.74) is 1.05. The number of rotatable bonds is 2. The number of fused-ring (bicyclic) bond motifs is 1. The lowest BCUT2D eigenvalue weighted by Gasteiger charge is -2.05. The van der Waals surface area contributed by atoms with Gasteiger partial charge in [0.1, 0.15) is 5.82 Å². The molecule has 1 heterocycles. The molecule has 1 amide bonds. The Labute approximate surface area is 90.2 Å². The van der Waals surface area contributed by atoms with Gasteiger partial charge in [0.2, 0.25) is 5.91 Å². The molecule has 0 atom stereocenters. The summed E-state index contributed by atoms with van der Waals surface area (Å²) in [4.78, 5) is 22.5. The predicted molar refractivity (Wildman–Crippen MR) is 53.8 cm³/mol. The Morgan fingerprint density at radius 2 is 2.27 bits per heavy atom. The third-order valence-corrected chi connectivity index (χ3v) is 2.46. The number of halogens is 2. The molecule has 0 bridgehead atoms. The Morgan fingerprint density at radius 1 is 1.53 bits per heavy atom. The monoisotopic (exact) mass is 227 g/mol. The van der Waals surface area contributed by atoms with Crippen LogP contribution in [0.2, 0.25) is 0 Å². The van der Waals surface area contributed by atoms with Crippen LogP contribution in [-0.4, -0.2) is 17.6 Å². The van der Waals surface area contributed by atoms with Crippen molar-refractivity contribution in [3.63, 3.8) is 0 Å². The van der Waals surface area contributed by atoms with E-state index in [0.717, 1.165) is 6.07 Å². The van der Waals surface area contributed by atoms with E-state index in [0.29, 0.717) is 11.3 Å². The first-order valence-corrected chi connectivity index (χ1v) is 4.86. The minimum absolute atomic E-state index is 0.107. The largest absolute Gasteiger partial charge is 0.325 e. The third-order valence-electron chi connectivity index (χ3n) is 2.22. The molecule has 1 aromatic rings. The van der Waals surface area contributed by atoms with Gasteiger partial charge in [-0.25, -0.2) is 4.39 Å². The number of ketones is 1. The summed E-state index contributed by atoms with van der Waals surface area (Å²) < 4.78 is 13.1. The molecular formula is C10H7ClFNO2. The molecule has 1 aliphatic heterocycles. The number of carbonyl (C=O) groups excluding carboxylic acids is 2. The molecule has 3 nitrogen and oxygen atoms in total. The average molecular weight is 228 g/mol. The number of hydrogen-bond donors (Lipinski definition) is 1. The normalized spacial score (nSPS) is 13.6. The van der Waals surface area contributed by atoms with Gasteiger partial charge in [-0.1, -0.05) is 0 Å². The van der Waals surface area contributed by atoms with Crippen molar-refractivity contribution in [3.8, 4) is 0 Å². The standard InChI is InChI=1S/C10H7ClFNO2/c11-4-8(14)7-3-6(12)1-5-2-9(15)13-10(5)7/h1,3H,2,4H2,(H,13,15). The van der Waals surface area contributed by atoms with Gasteiger partial charge < -0.3 is 5.32 Å². The van der Waals surface area contributed by atoms with Crippen molar-refractivity contribution >= 4 is 29.0 Å². The number of hydrogen-bond acceptors (Lipinski definition) is 2. The second-order valence-electron chi connectivity index (χ2n) is 3.27. The number of Topliss-reactive ketones (excluding diaryl/α,β-unsaturated/α-hetero) is 1.